The highest BCUT2D eigenvalue weighted by Gasteiger charge is 2.30. The predicted molar refractivity (Wildman–Crippen MR) is 128 cm³/mol. The SMILES string of the molecule is O=C(NC1CCC(c2nnco2)CC1)c1cnn2ccc(N3CCCC3c3cc(F)ccc3F)cc12. The summed E-state index contributed by atoms with van der Waals surface area (Å²) >= 11 is 0. The molecular weight excluding hydrogens is 466 g/mol. The van der Waals surface area contributed by atoms with Crippen molar-refractivity contribution in [3.05, 3.63) is 77.8 Å². The van der Waals surface area contributed by atoms with Crippen LogP contribution in [0.15, 0.2) is 53.5 Å². The highest BCUT2D eigenvalue weighted by Crippen LogP contribution is 2.38. The number of carbonyl (C=O) groups excluding carboxylic acids is 1. The van der Waals surface area contributed by atoms with E-state index in [1.807, 2.05) is 12.1 Å². The minimum atomic E-state index is -0.449. The number of anilines is 1. The second-order valence-electron chi connectivity index (χ2n) is 9.59. The first-order valence-corrected chi connectivity index (χ1v) is 12.3. The van der Waals surface area contributed by atoms with Crippen molar-refractivity contribution in [1.29, 1.82) is 0 Å². The Morgan fingerprint density at radius 1 is 1.08 bits per heavy atom. The molecule has 4 heterocycles. The summed E-state index contributed by atoms with van der Waals surface area (Å²) in [6, 6.07) is 7.20. The molecule has 1 N–H and O–H groups in total. The van der Waals surface area contributed by atoms with Gasteiger partial charge in [0.05, 0.1) is 23.3 Å². The third-order valence-electron chi connectivity index (χ3n) is 7.44. The van der Waals surface area contributed by atoms with Gasteiger partial charge in [0.1, 0.15) is 11.6 Å². The Kier molecular flexibility index (Phi) is 5.86. The minimum absolute atomic E-state index is 0.0636. The number of nitrogens with zero attached hydrogens (tertiary/aromatic N) is 5. The van der Waals surface area contributed by atoms with Crippen molar-refractivity contribution in [2.24, 2.45) is 0 Å². The first kappa shape index (κ1) is 22.6. The van der Waals surface area contributed by atoms with Gasteiger partial charge in [0.2, 0.25) is 12.3 Å². The fraction of sp³-hybridized carbons (Fsp3) is 0.385. The molecule has 36 heavy (non-hydrogen) atoms. The minimum Gasteiger partial charge on any atom is -0.428 e. The number of pyridine rings is 1. The van der Waals surface area contributed by atoms with Gasteiger partial charge in [-0.05, 0) is 68.9 Å². The van der Waals surface area contributed by atoms with Crippen LogP contribution < -0.4 is 10.2 Å². The zero-order valence-corrected chi connectivity index (χ0v) is 19.6. The number of amides is 1. The van der Waals surface area contributed by atoms with E-state index in [2.05, 4.69) is 25.5 Å². The molecule has 1 atom stereocenters. The predicted octanol–water partition coefficient (Wildman–Crippen LogP) is 4.79. The van der Waals surface area contributed by atoms with Gasteiger partial charge < -0.3 is 14.6 Å². The molecule has 6 rings (SSSR count). The van der Waals surface area contributed by atoms with Gasteiger partial charge in [0, 0.05) is 36.0 Å². The standard InChI is InChI=1S/C26H26F2N6O2/c27-17-5-8-22(28)20(12-17)23-2-1-10-33(23)19-9-11-34-24(13-19)21(14-30-34)25(35)31-18-6-3-16(4-7-18)26-32-29-15-36-26/h5,8-9,11-16,18,23H,1-4,6-7,10H2,(H,31,35). The number of carbonyl (C=O) groups is 1. The topological polar surface area (TPSA) is 88.6 Å². The summed E-state index contributed by atoms with van der Waals surface area (Å²) in [4.78, 5) is 15.3. The van der Waals surface area contributed by atoms with Crippen LogP contribution in [-0.4, -0.2) is 38.3 Å². The molecular formula is C26H26F2N6O2. The summed E-state index contributed by atoms with van der Waals surface area (Å²) < 4.78 is 35.4. The Labute approximate surface area is 206 Å². The van der Waals surface area contributed by atoms with Crippen molar-refractivity contribution in [2.45, 2.75) is 56.5 Å². The van der Waals surface area contributed by atoms with E-state index < -0.39 is 11.6 Å². The van der Waals surface area contributed by atoms with Crippen molar-refractivity contribution in [1.82, 2.24) is 25.1 Å². The van der Waals surface area contributed by atoms with Crippen molar-refractivity contribution in [3.63, 3.8) is 0 Å². The molecule has 1 aromatic carbocycles. The van der Waals surface area contributed by atoms with E-state index in [0.717, 1.165) is 56.8 Å². The van der Waals surface area contributed by atoms with E-state index in [0.29, 0.717) is 22.5 Å². The van der Waals surface area contributed by atoms with Crippen LogP contribution in [0.2, 0.25) is 0 Å². The quantitative estimate of drug-likeness (QED) is 0.431. The second kappa shape index (κ2) is 9.33. The molecule has 1 amide bonds. The third kappa shape index (κ3) is 4.20. The molecule has 1 unspecified atom stereocenters. The van der Waals surface area contributed by atoms with E-state index in [4.69, 9.17) is 4.42 Å². The van der Waals surface area contributed by atoms with E-state index >= 15 is 0 Å². The molecule has 0 radical (unpaired) electrons. The number of nitrogens with one attached hydrogen (secondary N) is 1. The van der Waals surface area contributed by atoms with Crippen molar-refractivity contribution >= 4 is 17.1 Å². The van der Waals surface area contributed by atoms with Gasteiger partial charge in [-0.3, -0.25) is 4.79 Å². The third-order valence-corrected chi connectivity index (χ3v) is 7.44. The van der Waals surface area contributed by atoms with Crippen LogP contribution >= 0.6 is 0 Å². The lowest BCUT2D eigenvalue weighted by Crippen LogP contribution is -2.37. The van der Waals surface area contributed by atoms with Gasteiger partial charge in [-0.1, -0.05) is 0 Å². The summed E-state index contributed by atoms with van der Waals surface area (Å²) in [5.41, 5.74) is 2.37. The van der Waals surface area contributed by atoms with Crippen LogP contribution in [0.25, 0.3) is 5.52 Å². The summed E-state index contributed by atoms with van der Waals surface area (Å²) in [5, 5.41) is 15.3. The van der Waals surface area contributed by atoms with E-state index in [1.54, 1.807) is 16.9 Å². The van der Waals surface area contributed by atoms with Gasteiger partial charge in [-0.15, -0.1) is 10.2 Å². The number of fused-ring (bicyclic) bond motifs is 1. The highest BCUT2D eigenvalue weighted by molar-refractivity contribution is 6.01. The molecule has 1 aliphatic heterocycles. The Balaban J connectivity index is 1.20. The van der Waals surface area contributed by atoms with Crippen LogP contribution in [-0.2, 0) is 0 Å². The van der Waals surface area contributed by atoms with E-state index in [-0.39, 0.29) is 23.9 Å². The molecule has 1 aliphatic carbocycles. The van der Waals surface area contributed by atoms with Gasteiger partial charge in [0.15, 0.2) is 0 Å². The molecule has 2 fully saturated rings. The van der Waals surface area contributed by atoms with E-state index in [1.165, 1.54) is 18.5 Å². The Morgan fingerprint density at radius 3 is 2.75 bits per heavy atom. The smallest absolute Gasteiger partial charge is 0.255 e. The molecule has 3 aromatic heterocycles. The summed E-state index contributed by atoms with van der Waals surface area (Å²) in [6.07, 6.45) is 9.73. The lowest BCUT2D eigenvalue weighted by atomic mass is 9.86. The lowest BCUT2D eigenvalue weighted by molar-refractivity contribution is 0.0926. The number of benzene rings is 1. The molecule has 4 aromatic rings. The molecule has 10 heteroatoms. The molecule has 8 nitrogen and oxygen atoms in total. The molecule has 1 saturated carbocycles. The number of halogens is 2. The van der Waals surface area contributed by atoms with Crippen LogP contribution in [0.3, 0.4) is 0 Å². The fourth-order valence-corrected chi connectivity index (χ4v) is 5.60. The van der Waals surface area contributed by atoms with Crippen LogP contribution in [0.5, 0.6) is 0 Å². The zero-order valence-electron chi connectivity index (χ0n) is 19.6. The number of aromatic nitrogens is 4. The first-order valence-electron chi connectivity index (χ1n) is 12.3. The monoisotopic (exact) mass is 492 g/mol. The van der Waals surface area contributed by atoms with Gasteiger partial charge in [-0.2, -0.15) is 5.10 Å². The summed E-state index contributed by atoms with van der Waals surface area (Å²) in [7, 11) is 0. The van der Waals surface area contributed by atoms with E-state index in [9.17, 15) is 13.6 Å². The second-order valence-corrected chi connectivity index (χ2v) is 9.59. The van der Waals surface area contributed by atoms with Crippen LogP contribution in [0.1, 0.15) is 72.3 Å². The van der Waals surface area contributed by atoms with Crippen molar-refractivity contribution in [2.75, 3.05) is 11.4 Å². The van der Waals surface area contributed by atoms with Crippen molar-refractivity contribution in [3.8, 4) is 0 Å². The van der Waals surface area contributed by atoms with Gasteiger partial charge in [-0.25, -0.2) is 13.3 Å². The zero-order chi connectivity index (χ0) is 24.6. The largest absolute Gasteiger partial charge is 0.428 e. The lowest BCUT2D eigenvalue weighted by Gasteiger charge is -2.28. The Morgan fingerprint density at radius 2 is 1.94 bits per heavy atom. The number of rotatable bonds is 5. The average molecular weight is 493 g/mol. The first-order chi connectivity index (χ1) is 17.6. The number of hydrogen-bond donors (Lipinski definition) is 1. The van der Waals surface area contributed by atoms with Crippen LogP contribution in [0, 0.1) is 11.6 Å². The maximum absolute atomic E-state index is 14.5. The van der Waals surface area contributed by atoms with Crippen molar-refractivity contribution < 1.29 is 18.0 Å². The number of hydrogen-bond acceptors (Lipinski definition) is 6. The Bertz CT molecular complexity index is 1380. The summed E-state index contributed by atoms with van der Waals surface area (Å²) in [6.45, 7) is 0.718. The molecule has 186 valence electrons. The maximum atomic E-state index is 14.5. The average Bonchev–Trinajstić information content (AvgIpc) is 3.66. The van der Waals surface area contributed by atoms with Gasteiger partial charge in [0.25, 0.3) is 5.91 Å². The maximum Gasteiger partial charge on any atom is 0.255 e. The normalized spacial score (nSPS) is 22.3. The Hall–Kier alpha value is -3.82. The highest BCUT2D eigenvalue weighted by atomic mass is 19.1. The molecule has 1 saturated heterocycles. The fourth-order valence-electron chi connectivity index (χ4n) is 5.60. The molecule has 0 bridgehead atoms. The molecule has 0 spiro atoms. The molecule has 2 aliphatic rings. The summed E-state index contributed by atoms with van der Waals surface area (Å²) in [5.74, 6) is -0.135. The van der Waals surface area contributed by atoms with Gasteiger partial charge >= 0.3 is 0 Å². The van der Waals surface area contributed by atoms with Crippen LogP contribution in [0.4, 0.5) is 14.5 Å².